The molecule has 0 aliphatic carbocycles. The van der Waals surface area contributed by atoms with Crippen molar-refractivity contribution in [2.45, 2.75) is 64.9 Å². The first kappa shape index (κ1) is 31.8. The number of hydrogen-bond donors (Lipinski definition) is 1. The molecule has 2 fully saturated rings. The molecule has 10 nitrogen and oxygen atoms in total. The number of piperidine rings is 1. The van der Waals surface area contributed by atoms with E-state index in [0.29, 0.717) is 70.9 Å². The fraction of sp³-hybridized carbons (Fsp3) is 0.548. The number of aryl methyl sites for hydroxylation is 1. The van der Waals surface area contributed by atoms with Crippen LogP contribution in [0.25, 0.3) is 11.1 Å². The number of hydrogen-bond acceptors (Lipinski definition) is 8. The highest BCUT2D eigenvalue weighted by molar-refractivity contribution is 7.84. The van der Waals surface area contributed by atoms with Crippen LogP contribution >= 0.6 is 0 Å². The zero-order chi connectivity index (χ0) is 30.3. The molecule has 42 heavy (non-hydrogen) atoms. The lowest BCUT2D eigenvalue weighted by Gasteiger charge is -2.31. The number of rotatable bonds is 9. The van der Waals surface area contributed by atoms with E-state index in [1.807, 2.05) is 45.0 Å². The largest absolute Gasteiger partial charge is 0.492 e. The Hall–Kier alpha value is -3.15. The van der Waals surface area contributed by atoms with Gasteiger partial charge in [0, 0.05) is 26.3 Å². The van der Waals surface area contributed by atoms with Gasteiger partial charge in [-0.3, -0.25) is 4.79 Å². The van der Waals surface area contributed by atoms with Gasteiger partial charge in [-0.05, 0) is 93.7 Å². The molecule has 2 saturated heterocycles. The average Bonchev–Trinajstić information content (AvgIpc) is 2.95. The Morgan fingerprint density at radius 2 is 1.74 bits per heavy atom. The van der Waals surface area contributed by atoms with Crippen molar-refractivity contribution in [1.82, 2.24) is 9.62 Å². The minimum atomic E-state index is -4.11. The molecule has 0 atom stereocenters. The van der Waals surface area contributed by atoms with Crippen LogP contribution in [-0.2, 0) is 28.8 Å². The molecule has 0 bridgehead atoms. The van der Waals surface area contributed by atoms with E-state index in [0.717, 1.165) is 22.3 Å². The van der Waals surface area contributed by atoms with Crippen molar-refractivity contribution in [2.24, 2.45) is 5.92 Å². The molecule has 2 aromatic carbocycles. The molecule has 0 unspecified atom stereocenters. The van der Waals surface area contributed by atoms with E-state index < -0.39 is 33.9 Å². The van der Waals surface area contributed by atoms with E-state index in [1.165, 1.54) is 4.31 Å². The van der Waals surface area contributed by atoms with Crippen molar-refractivity contribution in [3.8, 4) is 16.9 Å². The van der Waals surface area contributed by atoms with Crippen LogP contribution in [0, 0.1) is 12.8 Å². The highest BCUT2D eigenvalue weighted by Gasteiger charge is 2.34. The lowest BCUT2D eigenvalue weighted by atomic mass is 9.87. The van der Waals surface area contributed by atoms with Crippen LogP contribution in [0.3, 0.4) is 0 Å². The second kappa shape index (κ2) is 13.9. The van der Waals surface area contributed by atoms with Gasteiger partial charge in [0.25, 0.3) is 0 Å². The summed E-state index contributed by atoms with van der Waals surface area (Å²) in [6.07, 6.45) is 1.78. The van der Waals surface area contributed by atoms with E-state index in [2.05, 4.69) is 30.4 Å². The fourth-order valence-electron chi connectivity index (χ4n) is 5.22. The molecule has 1 amide bonds. The van der Waals surface area contributed by atoms with E-state index >= 15 is 0 Å². The van der Waals surface area contributed by atoms with Gasteiger partial charge in [0.05, 0.1) is 12.5 Å². The molecule has 0 spiro atoms. The Balaban J connectivity index is 1.29. The summed E-state index contributed by atoms with van der Waals surface area (Å²) in [5, 5.41) is 2.69. The third-order valence-corrected chi connectivity index (χ3v) is 8.79. The Labute approximate surface area is 248 Å². The number of carbonyl (C=O) groups excluding carboxylic acids is 2. The maximum atomic E-state index is 12.7. The molecule has 2 aliphatic heterocycles. The monoisotopic (exact) mass is 602 g/mol. The SMILES string of the molecule is Cc1cc(C2CCN(S(=O)(=O)OC(=O)C3CCOCC3)CC2)ccc1-c1cccc(OCCNC(=O)OC(C)(C)C)c1. The Bertz CT molecular complexity index is 1340. The van der Waals surface area contributed by atoms with Crippen LogP contribution in [0.4, 0.5) is 4.79 Å². The third kappa shape index (κ3) is 8.92. The second-order valence-corrected chi connectivity index (χ2v) is 13.3. The van der Waals surface area contributed by atoms with Gasteiger partial charge < -0.3 is 23.7 Å². The fourth-order valence-corrected chi connectivity index (χ4v) is 6.33. The highest BCUT2D eigenvalue weighted by atomic mass is 32.2. The van der Waals surface area contributed by atoms with Gasteiger partial charge in [0.15, 0.2) is 0 Å². The summed E-state index contributed by atoms with van der Waals surface area (Å²) in [7, 11) is -4.11. The van der Waals surface area contributed by atoms with Gasteiger partial charge in [-0.25, -0.2) is 4.79 Å². The molecule has 2 aromatic rings. The summed E-state index contributed by atoms with van der Waals surface area (Å²) in [6, 6.07) is 14.2. The first-order chi connectivity index (χ1) is 19.9. The standard InChI is InChI=1S/C31H42N2O8S/c1-22-20-25(23-10-15-33(16-11-23)42(36,37)41-29(34)24-12-17-38-18-13-24)8-9-28(22)26-6-5-7-27(21-26)39-19-14-32-30(35)40-31(2,3)4/h5-9,20-21,23-24H,10-19H2,1-4H3,(H,32,35). The molecule has 230 valence electrons. The number of nitrogens with zero attached hydrogens (tertiary/aromatic N) is 1. The van der Waals surface area contributed by atoms with Crippen molar-refractivity contribution < 1.29 is 36.4 Å². The van der Waals surface area contributed by atoms with Crippen molar-refractivity contribution >= 4 is 22.4 Å². The summed E-state index contributed by atoms with van der Waals surface area (Å²) in [4.78, 5) is 24.2. The number of amides is 1. The van der Waals surface area contributed by atoms with Crippen molar-refractivity contribution in [3.63, 3.8) is 0 Å². The van der Waals surface area contributed by atoms with Crippen molar-refractivity contribution in [3.05, 3.63) is 53.6 Å². The molecule has 0 radical (unpaired) electrons. The Morgan fingerprint density at radius 1 is 1.02 bits per heavy atom. The molecule has 2 heterocycles. The lowest BCUT2D eigenvalue weighted by Crippen LogP contribution is -2.41. The zero-order valence-electron chi connectivity index (χ0n) is 24.9. The predicted molar refractivity (Wildman–Crippen MR) is 158 cm³/mol. The minimum absolute atomic E-state index is 0.211. The quantitative estimate of drug-likeness (QED) is 0.400. The Kier molecular flexibility index (Phi) is 10.5. The van der Waals surface area contributed by atoms with Gasteiger partial charge in [0.1, 0.15) is 18.0 Å². The van der Waals surface area contributed by atoms with Crippen molar-refractivity contribution in [2.75, 3.05) is 39.5 Å². The molecule has 0 saturated carbocycles. The number of alkyl carbamates (subject to hydrolysis) is 1. The second-order valence-electron chi connectivity index (χ2n) is 11.8. The smallest absolute Gasteiger partial charge is 0.407 e. The van der Waals surface area contributed by atoms with Crippen LogP contribution in [-0.4, -0.2) is 69.8 Å². The van der Waals surface area contributed by atoms with E-state index in [4.69, 9.17) is 18.4 Å². The summed E-state index contributed by atoms with van der Waals surface area (Å²) in [5.74, 6) is -0.199. The summed E-state index contributed by atoms with van der Waals surface area (Å²) in [6.45, 7) is 9.63. The van der Waals surface area contributed by atoms with E-state index in [-0.39, 0.29) is 5.92 Å². The van der Waals surface area contributed by atoms with Crippen LogP contribution in [0.1, 0.15) is 63.5 Å². The average molecular weight is 603 g/mol. The topological polar surface area (TPSA) is 120 Å². The molecule has 0 aromatic heterocycles. The first-order valence-corrected chi connectivity index (χ1v) is 15.9. The van der Waals surface area contributed by atoms with E-state index in [9.17, 15) is 18.0 Å². The van der Waals surface area contributed by atoms with Gasteiger partial charge in [0.2, 0.25) is 0 Å². The minimum Gasteiger partial charge on any atom is -0.492 e. The Morgan fingerprint density at radius 3 is 2.40 bits per heavy atom. The molecule has 2 aliphatic rings. The summed E-state index contributed by atoms with van der Waals surface area (Å²) >= 11 is 0. The predicted octanol–water partition coefficient (Wildman–Crippen LogP) is 4.96. The molecule has 11 heteroatoms. The molecule has 4 rings (SSSR count). The van der Waals surface area contributed by atoms with Crippen LogP contribution < -0.4 is 10.1 Å². The maximum absolute atomic E-state index is 12.7. The zero-order valence-corrected chi connectivity index (χ0v) is 25.7. The van der Waals surface area contributed by atoms with Crippen LogP contribution in [0.2, 0.25) is 0 Å². The maximum Gasteiger partial charge on any atom is 0.407 e. The van der Waals surface area contributed by atoms with E-state index in [1.54, 1.807) is 0 Å². The van der Waals surface area contributed by atoms with Crippen LogP contribution in [0.15, 0.2) is 42.5 Å². The molecular formula is C31H42N2O8S. The van der Waals surface area contributed by atoms with Gasteiger partial charge >= 0.3 is 22.4 Å². The lowest BCUT2D eigenvalue weighted by molar-refractivity contribution is -0.141. The van der Waals surface area contributed by atoms with Crippen molar-refractivity contribution in [1.29, 1.82) is 0 Å². The van der Waals surface area contributed by atoms with Gasteiger partial charge in [-0.1, -0.05) is 30.3 Å². The number of carbonyl (C=O) groups is 2. The highest BCUT2D eigenvalue weighted by Crippen LogP contribution is 2.34. The van der Waals surface area contributed by atoms with Crippen LogP contribution in [0.5, 0.6) is 5.75 Å². The molecular weight excluding hydrogens is 560 g/mol. The number of nitrogens with one attached hydrogen (secondary N) is 1. The van der Waals surface area contributed by atoms with Gasteiger partial charge in [-0.15, -0.1) is 0 Å². The number of benzene rings is 2. The third-order valence-electron chi connectivity index (χ3n) is 7.42. The summed E-state index contributed by atoms with van der Waals surface area (Å²) in [5.41, 5.74) is 3.82. The normalized spacial score (nSPS) is 17.4. The molecule has 1 N–H and O–H groups in total. The number of ether oxygens (including phenoxy) is 3. The first-order valence-electron chi connectivity index (χ1n) is 14.5. The summed E-state index contributed by atoms with van der Waals surface area (Å²) < 4.78 is 48.1. The van der Waals surface area contributed by atoms with Gasteiger partial charge in [-0.2, -0.15) is 12.7 Å².